The molecule has 1 amide bonds. The number of pyridine rings is 1. The number of hydrogen-bond acceptors (Lipinski definition) is 5. The van der Waals surface area contributed by atoms with E-state index in [-0.39, 0.29) is 17.0 Å². The molecule has 0 bridgehead atoms. The smallest absolute Gasteiger partial charge is 0.268 e. The maximum Gasteiger partial charge on any atom is 0.268 e. The van der Waals surface area contributed by atoms with Crippen LogP contribution in [0.2, 0.25) is 0 Å². The molecule has 0 atom stereocenters. The molecule has 7 nitrogen and oxygen atoms in total. The molecule has 2 aromatic carbocycles. The number of aromatic nitrogens is 1. The lowest BCUT2D eigenvalue weighted by Gasteiger charge is -2.36. The van der Waals surface area contributed by atoms with E-state index in [0.717, 1.165) is 11.4 Å². The van der Waals surface area contributed by atoms with Crippen molar-refractivity contribution < 1.29 is 14.3 Å². The maximum atomic E-state index is 13.4. The fourth-order valence-corrected chi connectivity index (χ4v) is 4.04. The van der Waals surface area contributed by atoms with Crippen LogP contribution >= 0.6 is 0 Å². The predicted molar refractivity (Wildman–Crippen MR) is 124 cm³/mol. The monoisotopic (exact) mass is 433 g/mol. The van der Waals surface area contributed by atoms with Crippen molar-refractivity contribution in [3.8, 4) is 17.2 Å². The van der Waals surface area contributed by atoms with Crippen LogP contribution in [0.4, 0.5) is 5.69 Å². The van der Waals surface area contributed by atoms with Gasteiger partial charge in [0, 0.05) is 44.1 Å². The van der Waals surface area contributed by atoms with Gasteiger partial charge >= 0.3 is 0 Å². The Morgan fingerprint density at radius 3 is 2.38 bits per heavy atom. The van der Waals surface area contributed by atoms with Crippen LogP contribution in [0.3, 0.4) is 0 Å². The van der Waals surface area contributed by atoms with E-state index in [1.54, 1.807) is 50.4 Å². The third kappa shape index (κ3) is 4.06. The van der Waals surface area contributed by atoms with E-state index < -0.39 is 0 Å². The summed E-state index contributed by atoms with van der Waals surface area (Å²) in [6, 6.07) is 17.0. The summed E-state index contributed by atoms with van der Waals surface area (Å²) >= 11 is 0. The number of hydrogen-bond donors (Lipinski definition) is 0. The Morgan fingerprint density at radius 2 is 1.66 bits per heavy atom. The maximum absolute atomic E-state index is 13.4. The molecule has 0 radical (unpaired) electrons. The summed E-state index contributed by atoms with van der Waals surface area (Å²) < 4.78 is 12.2. The lowest BCUT2D eigenvalue weighted by molar-refractivity contribution is 0.0744. The van der Waals surface area contributed by atoms with Gasteiger partial charge in [-0.05, 0) is 42.8 Å². The number of amides is 1. The summed E-state index contributed by atoms with van der Waals surface area (Å²) in [6.07, 6.45) is 1.69. The van der Waals surface area contributed by atoms with Gasteiger partial charge in [-0.2, -0.15) is 0 Å². The summed E-state index contributed by atoms with van der Waals surface area (Å²) in [5, 5.41) is 0. The minimum absolute atomic E-state index is 0.202. The fraction of sp³-hybridized carbons (Fsp3) is 0.280. The Kier molecular flexibility index (Phi) is 6.16. The number of nitrogens with zero attached hydrogens (tertiary/aromatic N) is 3. The normalized spacial score (nSPS) is 13.7. The molecule has 0 saturated carbocycles. The van der Waals surface area contributed by atoms with Crippen LogP contribution in [0.15, 0.2) is 65.6 Å². The fourth-order valence-electron chi connectivity index (χ4n) is 4.04. The van der Waals surface area contributed by atoms with E-state index in [1.807, 2.05) is 36.4 Å². The standard InChI is InChI=1S/C25H27N3O4/c1-18-11-12-28(21-9-4-5-10-22(21)32-3)25(30)23(18)24(29)27-15-13-26(14-16-27)19-7-6-8-20(17-19)31-2/h4-12,17H,13-16H2,1-3H3. The first-order valence-corrected chi connectivity index (χ1v) is 10.6. The molecule has 1 fully saturated rings. The van der Waals surface area contributed by atoms with Crippen LogP contribution in [0.5, 0.6) is 11.5 Å². The lowest BCUT2D eigenvalue weighted by Crippen LogP contribution is -2.50. The molecule has 166 valence electrons. The van der Waals surface area contributed by atoms with Crippen molar-refractivity contribution >= 4 is 11.6 Å². The number of ether oxygens (including phenoxy) is 2. The van der Waals surface area contributed by atoms with Crippen molar-refractivity contribution in [1.29, 1.82) is 0 Å². The van der Waals surface area contributed by atoms with Crippen molar-refractivity contribution in [2.75, 3.05) is 45.3 Å². The molecule has 0 N–H and O–H groups in total. The first-order chi connectivity index (χ1) is 15.5. The van der Waals surface area contributed by atoms with Crippen LogP contribution in [-0.2, 0) is 0 Å². The summed E-state index contributed by atoms with van der Waals surface area (Å²) in [4.78, 5) is 30.7. The van der Waals surface area contributed by atoms with Gasteiger partial charge in [-0.3, -0.25) is 14.2 Å². The van der Waals surface area contributed by atoms with Gasteiger partial charge in [-0.25, -0.2) is 0 Å². The highest BCUT2D eigenvalue weighted by atomic mass is 16.5. The van der Waals surface area contributed by atoms with Gasteiger partial charge in [0.2, 0.25) is 0 Å². The van der Waals surface area contributed by atoms with Gasteiger partial charge in [0.25, 0.3) is 11.5 Å². The number of carbonyl (C=O) groups is 1. The molecular weight excluding hydrogens is 406 g/mol. The third-order valence-corrected chi connectivity index (χ3v) is 5.84. The molecule has 32 heavy (non-hydrogen) atoms. The second kappa shape index (κ2) is 9.18. The quantitative estimate of drug-likeness (QED) is 0.619. The summed E-state index contributed by atoms with van der Waals surface area (Å²) in [5.41, 5.74) is 2.20. The average Bonchev–Trinajstić information content (AvgIpc) is 2.84. The zero-order valence-electron chi connectivity index (χ0n) is 18.6. The van der Waals surface area contributed by atoms with Crippen molar-refractivity contribution in [3.05, 3.63) is 82.3 Å². The number of rotatable bonds is 5. The van der Waals surface area contributed by atoms with Gasteiger partial charge in [0.15, 0.2) is 0 Å². The number of anilines is 1. The highest BCUT2D eigenvalue weighted by Gasteiger charge is 2.26. The van der Waals surface area contributed by atoms with Gasteiger partial charge < -0.3 is 19.3 Å². The van der Waals surface area contributed by atoms with Crippen molar-refractivity contribution in [2.45, 2.75) is 6.92 Å². The number of para-hydroxylation sites is 2. The van der Waals surface area contributed by atoms with Crippen molar-refractivity contribution in [3.63, 3.8) is 0 Å². The number of benzene rings is 2. The number of methoxy groups -OCH3 is 2. The summed E-state index contributed by atoms with van der Waals surface area (Å²) in [7, 11) is 3.21. The molecule has 1 aromatic heterocycles. The minimum Gasteiger partial charge on any atom is -0.497 e. The number of carbonyl (C=O) groups excluding carboxylic acids is 1. The van der Waals surface area contributed by atoms with Crippen molar-refractivity contribution in [2.24, 2.45) is 0 Å². The summed E-state index contributed by atoms with van der Waals surface area (Å²) in [6.45, 7) is 4.25. The van der Waals surface area contributed by atoms with E-state index >= 15 is 0 Å². The molecule has 0 unspecified atom stereocenters. The highest BCUT2D eigenvalue weighted by Crippen LogP contribution is 2.24. The zero-order chi connectivity index (χ0) is 22.7. The topological polar surface area (TPSA) is 64.0 Å². The van der Waals surface area contributed by atoms with Gasteiger partial charge in [0.1, 0.15) is 17.1 Å². The van der Waals surface area contributed by atoms with E-state index in [2.05, 4.69) is 4.90 Å². The number of piperazine rings is 1. The Morgan fingerprint density at radius 1 is 0.906 bits per heavy atom. The van der Waals surface area contributed by atoms with Crippen LogP contribution < -0.4 is 19.9 Å². The van der Waals surface area contributed by atoms with Crippen LogP contribution in [-0.4, -0.2) is 55.8 Å². The van der Waals surface area contributed by atoms with E-state index in [4.69, 9.17) is 9.47 Å². The Labute approximate surface area is 187 Å². The molecule has 1 aliphatic heterocycles. The first-order valence-electron chi connectivity index (χ1n) is 10.6. The molecule has 7 heteroatoms. The first kappa shape index (κ1) is 21.5. The molecular formula is C25H27N3O4. The lowest BCUT2D eigenvalue weighted by atomic mass is 10.1. The van der Waals surface area contributed by atoms with E-state index in [9.17, 15) is 9.59 Å². The summed E-state index contributed by atoms with van der Waals surface area (Å²) in [5.74, 6) is 1.14. The molecule has 4 rings (SSSR count). The zero-order valence-corrected chi connectivity index (χ0v) is 18.6. The van der Waals surface area contributed by atoms with E-state index in [1.165, 1.54) is 4.57 Å². The average molecular weight is 434 g/mol. The highest BCUT2D eigenvalue weighted by molar-refractivity contribution is 5.95. The Balaban J connectivity index is 1.57. The van der Waals surface area contributed by atoms with E-state index in [0.29, 0.717) is 43.2 Å². The SMILES string of the molecule is COc1cccc(N2CCN(C(=O)c3c(C)ccn(-c4ccccc4OC)c3=O)CC2)c1. The minimum atomic E-state index is -0.338. The number of aryl methyl sites for hydroxylation is 1. The molecule has 0 spiro atoms. The largest absolute Gasteiger partial charge is 0.497 e. The molecule has 2 heterocycles. The molecule has 1 aliphatic rings. The van der Waals surface area contributed by atoms with Gasteiger partial charge in [-0.1, -0.05) is 18.2 Å². The molecule has 3 aromatic rings. The van der Waals surface area contributed by atoms with Gasteiger partial charge in [-0.15, -0.1) is 0 Å². The van der Waals surface area contributed by atoms with Crippen LogP contribution in [0.1, 0.15) is 15.9 Å². The predicted octanol–water partition coefficient (Wildman–Crippen LogP) is 3.13. The Hall–Kier alpha value is -3.74. The van der Waals surface area contributed by atoms with Gasteiger partial charge in [0.05, 0.1) is 19.9 Å². The molecule has 0 aliphatic carbocycles. The molecule has 1 saturated heterocycles. The third-order valence-electron chi connectivity index (χ3n) is 5.84. The Bertz CT molecular complexity index is 1180. The second-order valence-corrected chi connectivity index (χ2v) is 7.70. The second-order valence-electron chi connectivity index (χ2n) is 7.70. The van der Waals surface area contributed by atoms with Crippen LogP contribution in [0.25, 0.3) is 5.69 Å². The van der Waals surface area contributed by atoms with Crippen LogP contribution in [0, 0.1) is 6.92 Å². The van der Waals surface area contributed by atoms with Crippen molar-refractivity contribution in [1.82, 2.24) is 9.47 Å².